The lowest BCUT2D eigenvalue weighted by Gasteiger charge is -2.21. The summed E-state index contributed by atoms with van der Waals surface area (Å²) in [5.41, 5.74) is 5.20. The molecule has 178 valence electrons. The number of fused-ring (bicyclic) bond motifs is 6. The van der Waals surface area contributed by atoms with Gasteiger partial charge in [0.15, 0.2) is 5.82 Å². The van der Waals surface area contributed by atoms with Crippen molar-refractivity contribution in [3.05, 3.63) is 41.8 Å². The Morgan fingerprint density at radius 3 is 2.83 bits per heavy atom. The number of hydrogen-bond acceptors (Lipinski definition) is 5. The average Bonchev–Trinajstić information content (AvgIpc) is 3.57. The van der Waals surface area contributed by atoms with Gasteiger partial charge in [-0.2, -0.15) is 9.78 Å². The van der Waals surface area contributed by atoms with E-state index < -0.39 is 0 Å². The second-order valence-electron chi connectivity index (χ2n) is 9.33. The zero-order valence-electron chi connectivity index (χ0n) is 19.9. The van der Waals surface area contributed by atoms with Crippen LogP contribution in [0.15, 0.2) is 24.7 Å². The van der Waals surface area contributed by atoms with E-state index in [0.29, 0.717) is 36.6 Å². The largest absolute Gasteiger partial charge is 0.362 e. The van der Waals surface area contributed by atoms with Crippen LogP contribution in [0, 0.1) is 13.5 Å². The first-order valence-electron chi connectivity index (χ1n) is 12.0. The maximum absolute atomic E-state index is 13.2. The number of pyridine rings is 1. The van der Waals surface area contributed by atoms with Crippen molar-refractivity contribution in [2.24, 2.45) is 0 Å². The molecule has 4 bridgehead atoms. The molecule has 6 heterocycles. The van der Waals surface area contributed by atoms with Crippen LogP contribution < -0.4 is 10.2 Å². The van der Waals surface area contributed by atoms with Gasteiger partial charge in [-0.25, -0.2) is 4.98 Å². The second-order valence-corrected chi connectivity index (χ2v) is 9.33. The Morgan fingerprint density at radius 1 is 1.20 bits per heavy atom. The molecule has 0 aliphatic carbocycles. The summed E-state index contributed by atoms with van der Waals surface area (Å²) in [4.78, 5) is 26.7. The van der Waals surface area contributed by atoms with Crippen molar-refractivity contribution in [2.45, 2.75) is 45.2 Å². The Morgan fingerprint density at radius 2 is 2.03 bits per heavy atom. The Kier molecular flexibility index (Phi) is 5.15. The molecule has 0 atom stereocenters. The van der Waals surface area contributed by atoms with Crippen LogP contribution in [0.1, 0.15) is 37.4 Å². The number of aryl methyl sites for hydroxylation is 2. The lowest BCUT2D eigenvalue weighted by atomic mass is 10.0. The third-order valence-corrected chi connectivity index (χ3v) is 7.15. The summed E-state index contributed by atoms with van der Waals surface area (Å²) < 4.78 is 3.75. The van der Waals surface area contributed by atoms with Crippen LogP contribution in [0.5, 0.6) is 0 Å². The van der Waals surface area contributed by atoms with Crippen molar-refractivity contribution >= 4 is 28.6 Å². The van der Waals surface area contributed by atoms with Gasteiger partial charge in [0.1, 0.15) is 11.7 Å². The number of anilines is 1. The van der Waals surface area contributed by atoms with E-state index >= 15 is 0 Å². The first-order chi connectivity index (χ1) is 17.0. The zero-order chi connectivity index (χ0) is 24.1. The molecule has 2 N–H and O–H groups in total. The fourth-order valence-corrected chi connectivity index (χ4v) is 5.26. The normalized spacial score (nSPS) is 16.9. The van der Waals surface area contributed by atoms with Gasteiger partial charge in [0.2, 0.25) is 5.91 Å². The minimum absolute atomic E-state index is 0.0322. The van der Waals surface area contributed by atoms with Crippen molar-refractivity contribution in [1.82, 2.24) is 34.8 Å². The van der Waals surface area contributed by atoms with Crippen LogP contribution in [0.3, 0.4) is 0 Å². The number of H-pyrrole nitrogens is 1. The van der Waals surface area contributed by atoms with Crippen LogP contribution in [-0.2, 0) is 11.3 Å². The molecule has 0 radical (unpaired) electrons. The van der Waals surface area contributed by atoms with Crippen LogP contribution in [0.2, 0.25) is 0 Å². The third kappa shape index (κ3) is 3.51. The maximum Gasteiger partial charge on any atom is 0.262 e. The van der Waals surface area contributed by atoms with Crippen molar-refractivity contribution in [3.63, 3.8) is 0 Å². The molecule has 0 spiro atoms. The molecule has 4 aromatic rings. The highest BCUT2D eigenvalue weighted by Gasteiger charge is 2.31. The predicted molar refractivity (Wildman–Crippen MR) is 133 cm³/mol. The highest BCUT2D eigenvalue weighted by Crippen LogP contribution is 2.43. The smallest absolute Gasteiger partial charge is 0.262 e. The van der Waals surface area contributed by atoms with Crippen LogP contribution in [0.25, 0.3) is 38.1 Å². The number of aromatic amines is 1. The molecule has 2 aliphatic rings. The van der Waals surface area contributed by atoms with Gasteiger partial charge in [0.05, 0.1) is 11.3 Å². The maximum atomic E-state index is 13.2. The molecule has 0 saturated carbocycles. The summed E-state index contributed by atoms with van der Waals surface area (Å²) >= 11 is 0. The van der Waals surface area contributed by atoms with E-state index in [0.717, 1.165) is 59.3 Å². The van der Waals surface area contributed by atoms with Gasteiger partial charge in [-0.3, -0.25) is 14.4 Å². The molecular formula is C25H27N9O. The molecule has 35 heavy (non-hydrogen) atoms. The Hall–Kier alpha value is -3.97. The van der Waals surface area contributed by atoms with Crippen LogP contribution in [-0.4, -0.2) is 55.6 Å². The Bertz CT molecular complexity index is 1480. The number of aromatic nitrogens is 6. The minimum Gasteiger partial charge on any atom is -0.362 e. The van der Waals surface area contributed by atoms with Crippen LogP contribution >= 0.6 is 0 Å². The molecule has 0 unspecified atom stereocenters. The lowest BCUT2D eigenvalue weighted by Crippen LogP contribution is -2.30. The molecule has 2 aliphatic heterocycles. The summed E-state index contributed by atoms with van der Waals surface area (Å²) in [6.45, 7) is 12.5. The fourth-order valence-electron chi connectivity index (χ4n) is 5.26. The first kappa shape index (κ1) is 21.6. The molecule has 4 aromatic heterocycles. The lowest BCUT2D eigenvalue weighted by molar-refractivity contribution is -0.118. The highest BCUT2D eigenvalue weighted by atomic mass is 16.2. The van der Waals surface area contributed by atoms with Crippen molar-refractivity contribution in [1.29, 1.82) is 0 Å². The second kappa shape index (κ2) is 8.36. The summed E-state index contributed by atoms with van der Waals surface area (Å²) in [5.74, 6) is 0.945. The summed E-state index contributed by atoms with van der Waals surface area (Å²) in [6.07, 6.45) is 8.59. The number of amides is 1. The van der Waals surface area contributed by atoms with Crippen molar-refractivity contribution in [2.75, 3.05) is 25.0 Å². The molecular weight excluding hydrogens is 442 g/mol. The first-order valence-corrected chi connectivity index (χ1v) is 12.0. The molecule has 1 saturated heterocycles. The summed E-state index contributed by atoms with van der Waals surface area (Å²) in [6, 6.07) is 2.17. The average molecular weight is 470 g/mol. The summed E-state index contributed by atoms with van der Waals surface area (Å²) in [5, 5.41) is 13.9. The number of rotatable bonds is 1. The Labute approximate surface area is 202 Å². The quantitative estimate of drug-likeness (QED) is 0.413. The number of piperidine rings is 1. The number of nitrogens with one attached hydrogen (secondary N) is 2. The van der Waals surface area contributed by atoms with Gasteiger partial charge < -0.3 is 15.1 Å². The molecule has 1 amide bonds. The molecule has 6 rings (SSSR count). The van der Waals surface area contributed by atoms with E-state index in [4.69, 9.17) is 11.7 Å². The van der Waals surface area contributed by atoms with Gasteiger partial charge in [0.25, 0.3) is 5.82 Å². The predicted octanol–water partition coefficient (Wildman–Crippen LogP) is 3.83. The van der Waals surface area contributed by atoms with Gasteiger partial charge in [-0.1, -0.05) is 11.7 Å². The standard InChI is InChI=1S/C25H27N9O/c1-15-20-14-33(30-15)10-4-5-21(35)32(3)25-22(16-11-18-19(20)13-29-23(18)28-12-16)24(26-2)34(31-25)17-6-8-27-9-7-17/h11-14,17,27H,4-10H2,1,3H3,(H,28,29). The van der Waals surface area contributed by atoms with Gasteiger partial charge in [0, 0.05) is 68.0 Å². The van der Waals surface area contributed by atoms with Crippen LogP contribution in [0.4, 0.5) is 11.6 Å². The molecule has 10 nitrogen and oxygen atoms in total. The third-order valence-electron chi connectivity index (χ3n) is 7.15. The monoisotopic (exact) mass is 469 g/mol. The number of hydrogen-bond donors (Lipinski definition) is 2. The van der Waals surface area contributed by atoms with Crippen molar-refractivity contribution in [3.8, 4) is 22.3 Å². The fraction of sp³-hybridized carbons (Fsp3) is 0.400. The SMILES string of the molecule is [C-]#[N+]c1c2c(nn1C1CCNCC1)N(C)C(=O)CCCn1cc(c(C)n1)-c1c[nH]c3ncc-2cc13. The number of carbonyl (C=O) groups excluding carboxylic acids is 1. The molecule has 0 aromatic carbocycles. The van der Waals surface area contributed by atoms with Gasteiger partial charge >= 0.3 is 0 Å². The zero-order valence-corrected chi connectivity index (χ0v) is 19.9. The highest BCUT2D eigenvalue weighted by molar-refractivity contribution is 6.02. The van der Waals surface area contributed by atoms with Gasteiger partial charge in [-0.05, 0) is 38.1 Å². The van der Waals surface area contributed by atoms with E-state index in [2.05, 4.69) is 31.3 Å². The molecule has 1 fully saturated rings. The van der Waals surface area contributed by atoms with Crippen molar-refractivity contribution < 1.29 is 4.79 Å². The van der Waals surface area contributed by atoms with Gasteiger partial charge in [-0.15, -0.1) is 0 Å². The number of carbonyl (C=O) groups is 1. The molecule has 10 heteroatoms. The minimum atomic E-state index is -0.0322. The topological polar surface area (TPSA) is 101 Å². The van der Waals surface area contributed by atoms with E-state index in [1.54, 1.807) is 18.1 Å². The summed E-state index contributed by atoms with van der Waals surface area (Å²) in [7, 11) is 1.75. The van der Waals surface area contributed by atoms with E-state index in [9.17, 15) is 4.79 Å². The number of nitrogens with zero attached hydrogens (tertiary/aromatic N) is 7. The van der Waals surface area contributed by atoms with E-state index in [-0.39, 0.29) is 11.9 Å². The van der Waals surface area contributed by atoms with E-state index in [1.165, 1.54) is 0 Å². The van der Waals surface area contributed by atoms with E-state index in [1.807, 2.05) is 28.7 Å². The Balaban J connectivity index is 1.61.